The zero-order valence-corrected chi connectivity index (χ0v) is 19.1. The minimum atomic E-state index is 0.208. The number of halogens is 1. The van der Waals surface area contributed by atoms with E-state index in [9.17, 15) is 4.79 Å². The third kappa shape index (κ3) is 4.04. The molecule has 4 aliphatic rings. The summed E-state index contributed by atoms with van der Waals surface area (Å²) in [5.41, 5.74) is 1.07. The molecule has 4 bridgehead atoms. The van der Waals surface area contributed by atoms with E-state index in [1.54, 1.807) is 0 Å². The number of hydrogen-bond donors (Lipinski definition) is 0. The van der Waals surface area contributed by atoms with E-state index in [0.29, 0.717) is 23.5 Å². The number of para-hydroxylation sites is 1. The Morgan fingerprint density at radius 3 is 2.10 bits per heavy atom. The molecule has 1 aromatic carbocycles. The smallest absolute Gasteiger partial charge is 0.237 e. The summed E-state index contributed by atoms with van der Waals surface area (Å²) in [6.07, 6.45) is 15.1. The van der Waals surface area contributed by atoms with E-state index in [1.165, 1.54) is 57.8 Å². The molecule has 0 spiro atoms. The molecule has 1 amide bonds. The summed E-state index contributed by atoms with van der Waals surface area (Å²) in [4.78, 5) is 18.0. The molecule has 5 rings (SSSR count). The monoisotopic (exact) mass is 458 g/mol. The van der Waals surface area contributed by atoms with Crippen LogP contribution in [-0.4, -0.2) is 40.3 Å². The third-order valence-corrected chi connectivity index (χ3v) is 8.79. The topological polar surface area (TPSA) is 23.6 Å². The Morgan fingerprint density at radius 1 is 0.862 bits per heavy atom. The predicted octanol–water partition coefficient (Wildman–Crippen LogP) is 5.77. The van der Waals surface area contributed by atoms with Crippen LogP contribution in [-0.2, 0) is 4.79 Å². The van der Waals surface area contributed by atoms with Gasteiger partial charge in [-0.25, -0.2) is 0 Å². The average molecular weight is 459 g/mol. The highest BCUT2D eigenvalue weighted by Crippen LogP contribution is 2.46. The number of carbonyl (C=O) groups is 1. The van der Waals surface area contributed by atoms with Crippen LogP contribution in [0.25, 0.3) is 0 Å². The van der Waals surface area contributed by atoms with E-state index < -0.39 is 0 Å². The number of nitrogens with zero attached hydrogens (tertiary/aromatic N) is 2. The number of carbonyl (C=O) groups excluding carboxylic acids is 1. The maximum Gasteiger partial charge on any atom is 0.237 e. The minimum absolute atomic E-state index is 0.208. The number of benzene rings is 1. The molecular weight excluding hydrogens is 424 g/mol. The molecular formula is C25H35BrN2O. The van der Waals surface area contributed by atoms with Crippen molar-refractivity contribution in [1.29, 1.82) is 0 Å². The molecule has 1 aromatic rings. The average Bonchev–Trinajstić information content (AvgIpc) is 2.73. The molecule has 2 saturated carbocycles. The van der Waals surface area contributed by atoms with Crippen molar-refractivity contribution in [3.05, 3.63) is 30.3 Å². The van der Waals surface area contributed by atoms with Crippen molar-refractivity contribution in [3.63, 3.8) is 0 Å². The first-order valence-corrected chi connectivity index (χ1v) is 13.1. The number of fused-ring (bicyclic) bond motifs is 4. The first-order valence-electron chi connectivity index (χ1n) is 11.9. The molecule has 0 N–H and O–H groups in total. The van der Waals surface area contributed by atoms with E-state index in [1.807, 2.05) is 6.07 Å². The normalized spacial score (nSPS) is 37.1. The van der Waals surface area contributed by atoms with Gasteiger partial charge in [0.1, 0.15) is 0 Å². The summed E-state index contributed by atoms with van der Waals surface area (Å²) in [5.74, 6) is 2.18. The van der Waals surface area contributed by atoms with Gasteiger partial charge in [0, 0.05) is 29.9 Å². The number of rotatable bonds is 4. The van der Waals surface area contributed by atoms with Gasteiger partial charge in [-0.1, -0.05) is 59.8 Å². The van der Waals surface area contributed by atoms with Crippen molar-refractivity contribution in [2.75, 3.05) is 10.2 Å². The first-order chi connectivity index (χ1) is 14.2. The quantitative estimate of drug-likeness (QED) is 0.534. The highest BCUT2D eigenvalue weighted by atomic mass is 79.9. The molecule has 158 valence electrons. The summed E-state index contributed by atoms with van der Waals surface area (Å²) >= 11 is 3.44. The summed E-state index contributed by atoms with van der Waals surface area (Å²) in [5, 5.41) is 0.406. The van der Waals surface area contributed by atoms with Gasteiger partial charge in [0.15, 0.2) is 0 Å². The van der Waals surface area contributed by atoms with Gasteiger partial charge in [0.25, 0.3) is 0 Å². The second-order valence-electron chi connectivity index (χ2n) is 10.1. The molecule has 2 heterocycles. The largest absolute Gasteiger partial charge is 0.309 e. The molecule has 2 saturated heterocycles. The highest BCUT2D eigenvalue weighted by molar-refractivity contribution is 9.09. The van der Waals surface area contributed by atoms with Gasteiger partial charge in [0.05, 0.1) is 5.33 Å². The van der Waals surface area contributed by atoms with Gasteiger partial charge in [0.2, 0.25) is 5.91 Å². The van der Waals surface area contributed by atoms with Crippen molar-refractivity contribution in [2.24, 2.45) is 11.8 Å². The summed E-state index contributed by atoms with van der Waals surface area (Å²) < 4.78 is 0. The van der Waals surface area contributed by atoms with Crippen LogP contribution in [0, 0.1) is 11.8 Å². The molecule has 4 atom stereocenters. The molecule has 2 aliphatic heterocycles. The van der Waals surface area contributed by atoms with Gasteiger partial charge in [-0.15, -0.1) is 0 Å². The lowest BCUT2D eigenvalue weighted by atomic mass is 9.68. The van der Waals surface area contributed by atoms with Crippen molar-refractivity contribution in [1.82, 2.24) is 4.90 Å². The van der Waals surface area contributed by atoms with Crippen LogP contribution >= 0.6 is 15.9 Å². The standard InChI is InChI=1S/C25H35BrN2O/c26-17-25(29)28(20-8-2-1-3-9-20)24-15-21-10-5-11-22(16-24)27(21)23-13-18-6-4-7-19(12-18)14-23/h1-3,8-9,18-19,21-24H,4-7,10-17H2. The molecule has 4 fully saturated rings. The molecule has 2 aliphatic carbocycles. The van der Waals surface area contributed by atoms with Crippen LogP contribution < -0.4 is 4.90 Å². The maximum absolute atomic E-state index is 12.9. The fourth-order valence-electron chi connectivity index (χ4n) is 7.35. The van der Waals surface area contributed by atoms with Crippen LogP contribution in [0.5, 0.6) is 0 Å². The SMILES string of the molecule is O=C(CBr)N(c1ccccc1)C1CC2CCCC(C1)N2C1CC2CCCC(C2)C1. The number of piperidine rings is 2. The van der Waals surface area contributed by atoms with Crippen LogP contribution in [0.15, 0.2) is 30.3 Å². The number of hydrogen-bond acceptors (Lipinski definition) is 2. The van der Waals surface area contributed by atoms with Gasteiger partial charge in [-0.2, -0.15) is 0 Å². The lowest BCUT2D eigenvalue weighted by Crippen LogP contribution is -2.62. The van der Waals surface area contributed by atoms with Crippen LogP contribution in [0.3, 0.4) is 0 Å². The number of amides is 1. The van der Waals surface area contributed by atoms with Crippen molar-refractivity contribution < 1.29 is 4.79 Å². The number of anilines is 1. The second-order valence-corrected chi connectivity index (χ2v) is 10.6. The van der Waals surface area contributed by atoms with E-state index in [-0.39, 0.29) is 5.91 Å². The van der Waals surface area contributed by atoms with Crippen LogP contribution in [0.1, 0.15) is 70.6 Å². The number of alkyl halides is 1. The Hall–Kier alpha value is -0.870. The maximum atomic E-state index is 12.9. The minimum Gasteiger partial charge on any atom is -0.309 e. The first kappa shape index (κ1) is 20.1. The zero-order chi connectivity index (χ0) is 19.8. The van der Waals surface area contributed by atoms with Crippen LogP contribution in [0.4, 0.5) is 5.69 Å². The van der Waals surface area contributed by atoms with Crippen molar-refractivity contribution >= 4 is 27.5 Å². The zero-order valence-electron chi connectivity index (χ0n) is 17.5. The third-order valence-electron chi connectivity index (χ3n) is 8.31. The van der Waals surface area contributed by atoms with E-state index in [4.69, 9.17) is 0 Å². The van der Waals surface area contributed by atoms with E-state index in [0.717, 1.165) is 36.4 Å². The molecule has 0 radical (unpaired) electrons. The Kier molecular flexibility index (Phi) is 6.02. The fraction of sp³-hybridized carbons (Fsp3) is 0.720. The summed E-state index contributed by atoms with van der Waals surface area (Å²) in [6.45, 7) is 0. The van der Waals surface area contributed by atoms with E-state index >= 15 is 0 Å². The Labute approximate surface area is 184 Å². The lowest BCUT2D eigenvalue weighted by molar-refractivity contribution is -0.117. The van der Waals surface area contributed by atoms with Crippen molar-refractivity contribution in [3.8, 4) is 0 Å². The highest BCUT2D eigenvalue weighted by Gasteiger charge is 2.46. The molecule has 3 nitrogen and oxygen atoms in total. The van der Waals surface area contributed by atoms with Crippen LogP contribution in [0.2, 0.25) is 0 Å². The Bertz CT molecular complexity index is 684. The Balaban J connectivity index is 1.36. The summed E-state index contributed by atoms with van der Waals surface area (Å²) in [7, 11) is 0. The second kappa shape index (κ2) is 8.70. The molecule has 0 aromatic heterocycles. The van der Waals surface area contributed by atoms with Gasteiger partial charge in [-0.05, 0) is 68.9 Å². The summed E-state index contributed by atoms with van der Waals surface area (Å²) in [6, 6.07) is 12.9. The van der Waals surface area contributed by atoms with Gasteiger partial charge in [-0.3, -0.25) is 9.69 Å². The predicted molar refractivity (Wildman–Crippen MR) is 122 cm³/mol. The molecule has 4 unspecified atom stereocenters. The molecule has 4 heteroatoms. The van der Waals surface area contributed by atoms with Crippen molar-refractivity contribution in [2.45, 2.75) is 94.8 Å². The Morgan fingerprint density at radius 2 is 1.48 bits per heavy atom. The van der Waals surface area contributed by atoms with Gasteiger partial charge >= 0.3 is 0 Å². The van der Waals surface area contributed by atoms with E-state index in [2.05, 4.69) is 50.0 Å². The fourth-order valence-corrected chi connectivity index (χ4v) is 7.62. The van der Waals surface area contributed by atoms with Gasteiger partial charge < -0.3 is 4.90 Å². The lowest BCUT2D eigenvalue weighted by Gasteiger charge is -2.56. The molecule has 29 heavy (non-hydrogen) atoms.